The first kappa shape index (κ1) is 15.3. The van der Waals surface area contributed by atoms with Gasteiger partial charge in [0.2, 0.25) is 11.8 Å². The quantitative estimate of drug-likeness (QED) is 0.845. The third-order valence-electron chi connectivity index (χ3n) is 3.88. The smallest absolute Gasteiger partial charge is 0.228 e. The zero-order valence-electron chi connectivity index (χ0n) is 13.1. The Morgan fingerprint density at radius 3 is 2.62 bits per heavy atom. The molecule has 0 N–H and O–H groups in total. The zero-order valence-corrected chi connectivity index (χ0v) is 13.1. The van der Waals surface area contributed by atoms with Crippen LogP contribution in [0.25, 0.3) is 11.5 Å². The molecule has 1 heterocycles. The molecule has 2 aromatic rings. The summed E-state index contributed by atoms with van der Waals surface area (Å²) in [6.45, 7) is 5.97. The van der Waals surface area contributed by atoms with E-state index in [0.717, 1.165) is 12.0 Å². The predicted octanol–water partition coefficient (Wildman–Crippen LogP) is 3.45. The molecule has 0 unspecified atom stereocenters. The predicted molar refractivity (Wildman–Crippen MR) is 82.9 cm³/mol. The lowest BCUT2D eigenvalue weighted by Crippen LogP contribution is -2.35. The lowest BCUT2D eigenvalue weighted by atomic mass is 10.2. The maximum Gasteiger partial charge on any atom is 0.228 e. The van der Waals surface area contributed by atoms with Crippen LogP contribution in [0.2, 0.25) is 0 Å². The van der Waals surface area contributed by atoms with Gasteiger partial charge in [0.25, 0.3) is 0 Å². The minimum atomic E-state index is 0.0698. The number of aryl methyl sites for hydroxylation is 1. The number of hydrogen-bond acceptors (Lipinski definition) is 3. The van der Waals surface area contributed by atoms with Crippen LogP contribution >= 0.6 is 0 Å². The van der Waals surface area contributed by atoms with E-state index in [0.29, 0.717) is 17.3 Å². The molecule has 0 spiro atoms. The zero-order chi connectivity index (χ0) is 15.4. The van der Waals surface area contributed by atoms with E-state index in [9.17, 15) is 4.79 Å². The number of hydrogen-bond donors (Lipinski definition) is 0. The Labute approximate surface area is 125 Å². The standard InChI is InChI=1S/C17H22N2O2/c1-5-12(2)19(4)16(20)11-15-13(3)21-17(18-15)14-9-7-6-8-10-14/h6-10,12H,5,11H2,1-4H3/t12-/m1/s1. The maximum atomic E-state index is 12.3. The van der Waals surface area contributed by atoms with Crippen molar-refractivity contribution in [3.05, 3.63) is 41.8 Å². The van der Waals surface area contributed by atoms with E-state index in [1.807, 2.05) is 51.2 Å². The molecule has 2 rings (SSSR count). The van der Waals surface area contributed by atoms with E-state index in [4.69, 9.17) is 4.42 Å². The van der Waals surface area contributed by atoms with Crippen LogP contribution in [0, 0.1) is 6.92 Å². The molecule has 0 saturated heterocycles. The summed E-state index contributed by atoms with van der Waals surface area (Å²) >= 11 is 0. The number of benzene rings is 1. The molecule has 1 aromatic carbocycles. The molecule has 0 aliphatic carbocycles. The normalized spacial score (nSPS) is 12.2. The lowest BCUT2D eigenvalue weighted by molar-refractivity contribution is -0.131. The summed E-state index contributed by atoms with van der Waals surface area (Å²) in [7, 11) is 1.84. The fraction of sp³-hybridized carbons (Fsp3) is 0.412. The second kappa shape index (κ2) is 6.57. The van der Waals surface area contributed by atoms with Crippen LogP contribution < -0.4 is 0 Å². The molecule has 0 radical (unpaired) electrons. The van der Waals surface area contributed by atoms with Gasteiger partial charge in [0.1, 0.15) is 5.76 Å². The van der Waals surface area contributed by atoms with Crippen LogP contribution in [-0.4, -0.2) is 28.9 Å². The first-order valence-corrected chi connectivity index (χ1v) is 7.30. The van der Waals surface area contributed by atoms with Gasteiger partial charge >= 0.3 is 0 Å². The van der Waals surface area contributed by atoms with Gasteiger partial charge in [0, 0.05) is 18.7 Å². The first-order valence-electron chi connectivity index (χ1n) is 7.30. The van der Waals surface area contributed by atoms with Crippen LogP contribution in [0.1, 0.15) is 31.7 Å². The van der Waals surface area contributed by atoms with E-state index < -0.39 is 0 Å². The Kier molecular flexibility index (Phi) is 4.78. The third kappa shape index (κ3) is 3.51. The molecule has 21 heavy (non-hydrogen) atoms. The Morgan fingerprint density at radius 1 is 1.33 bits per heavy atom. The van der Waals surface area contributed by atoms with Crippen molar-refractivity contribution in [3.8, 4) is 11.5 Å². The summed E-state index contributed by atoms with van der Waals surface area (Å²) in [6, 6.07) is 9.96. The number of carbonyl (C=O) groups is 1. The summed E-state index contributed by atoms with van der Waals surface area (Å²) in [5.74, 6) is 1.35. The molecule has 1 atom stereocenters. The number of rotatable bonds is 5. The minimum Gasteiger partial charge on any atom is -0.441 e. The largest absolute Gasteiger partial charge is 0.441 e. The highest BCUT2D eigenvalue weighted by molar-refractivity contribution is 5.78. The van der Waals surface area contributed by atoms with E-state index >= 15 is 0 Å². The molecular weight excluding hydrogens is 264 g/mol. The topological polar surface area (TPSA) is 46.3 Å². The average Bonchev–Trinajstić information content (AvgIpc) is 2.87. The molecule has 0 saturated carbocycles. The molecule has 0 aliphatic rings. The number of nitrogens with zero attached hydrogens (tertiary/aromatic N) is 2. The van der Waals surface area contributed by atoms with Crippen molar-refractivity contribution in [1.29, 1.82) is 0 Å². The molecule has 4 nitrogen and oxygen atoms in total. The Bertz CT molecular complexity index is 605. The average molecular weight is 286 g/mol. The SMILES string of the molecule is CC[C@@H](C)N(C)C(=O)Cc1nc(-c2ccccc2)oc1C. The number of likely N-dealkylation sites (N-methyl/N-ethyl adjacent to an activating group) is 1. The summed E-state index contributed by atoms with van der Waals surface area (Å²) in [4.78, 5) is 18.5. The molecule has 0 fully saturated rings. The summed E-state index contributed by atoms with van der Waals surface area (Å²) in [5, 5.41) is 0. The van der Waals surface area contributed by atoms with Gasteiger partial charge in [0.15, 0.2) is 0 Å². The van der Waals surface area contributed by atoms with Gasteiger partial charge in [0.05, 0.1) is 12.1 Å². The van der Waals surface area contributed by atoms with Gasteiger partial charge in [-0.05, 0) is 32.4 Å². The minimum absolute atomic E-state index is 0.0698. The van der Waals surface area contributed by atoms with Crippen LogP contribution in [0.5, 0.6) is 0 Å². The van der Waals surface area contributed by atoms with Crippen molar-refractivity contribution in [2.75, 3.05) is 7.05 Å². The Balaban J connectivity index is 2.15. The van der Waals surface area contributed by atoms with Crippen LogP contribution in [0.15, 0.2) is 34.7 Å². The highest BCUT2D eigenvalue weighted by Gasteiger charge is 2.19. The van der Waals surface area contributed by atoms with Crippen molar-refractivity contribution in [2.24, 2.45) is 0 Å². The summed E-state index contributed by atoms with van der Waals surface area (Å²) in [6.07, 6.45) is 1.22. The van der Waals surface area contributed by atoms with Gasteiger partial charge in [-0.25, -0.2) is 4.98 Å². The van der Waals surface area contributed by atoms with Gasteiger partial charge in [-0.1, -0.05) is 25.1 Å². The second-order valence-corrected chi connectivity index (χ2v) is 5.33. The van der Waals surface area contributed by atoms with Crippen molar-refractivity contribution in [1.82, 2.24) is 9.88 Å². The summed E-state index contributed by atoms with van der Waals surface area (Å²) < 4.78 is 5.69. The van der Waals surface area contributed by atoms with E-state index in [-0.39, 0.29) is 18.4 Å². The van der Waals surface area contributed by atoms with E-state index in [1.54, 1.807) is 4.90 Å². The van der Waals surface area contributed by atoms with Gasteiger partial charge in [-0.15, -0.1) is 0 Å². The van der Waals surface area contributed by atoms with E-state index in [2.05, 4.69) is 11.9 Å². The molecular formula is C17H22N2O2. The maximum absolute atomic E-state index is 12.3. The number of aromatic nitrogens is 1. The van der Waals surface area contributed by atoms with E-state index in [1.165, 1.54) is 0 Å². The number of amides is 1. The van der Waals surface area contributed by atoms with Crippen LogP contribution in [-0.2, 0) is 11.2 Å². The molecule has 112 valence electrons. The highest BCUT2D eigenvalue weighted by atomic mass is 16.4. The summed E-state index contributed by atoms with van der Waals surface area (Å²) in [5.41, 5.74) is 1.64. The monoisotopic (exact) mass is 286 g/mol. The Hall–Kier alpha value is -2.10. The van der Waals surface area contributed by atoms with Crippen molar-refractivity contribution in [2.45, 2.75) is 39.7 Å². The van der Waals surface area contributed by atoms with Crippen molar-refractivity contribution < 1.29 is 9.21 Å². The second-order valence-electron chi connectivity index (χ2n) is 5.33. The fourth-order valence-corrected chi connectivity index (χ4v) is 2.08. The van der Waals surface area contributed by atoms with Gasteiger partial charge < -0.3 is 9.32 Å². The number of carbonyl (C=O) groups excluding carboxylic acids is 1. The molecule has 1 amide bonds. The lowest BCUT2D eigenvalue weighted by Gasteiger charge is -2.23. The van der Waals surface area contributed by atoms with Gasteiger partial charge in [-0.2, -0.15) is 0 Å². The fourth-order valence-electron chi connectivity index (χ4n) is 2.08. The first-order chi connectivity index (χ1) is 10.0. The molecule has 1 aromatic heterocycles. The third-order valence-corrected chi connectivity index (χ3v) is 3.88. The highest BCUT2D eigenvalue weighted by Crippen LogP contribution is 2.22. The van der Waals surface area contributed by atoms with Gasteiger partial charge in [-0.3, -0.25) is 4.79 Å². The van der Waals surface area contributed by atoms with Crippen molar-refractivity contribution in [3.63, 3.8) is 0 Å². The Morgan fingerprint density at radius 2 is 2.00 bits per heavy atom. The van der Waals surface area contributed by atoms with Crippen LogP contribution in [0.3, 0.4) is 0 Å². The number of oxazole rings is 1. The van der Waals surface area contributed by atoms with Crippen molar-refractivity contribution >= 4 is 5.91 Å². The molecule has 4 heteroatoms. The van der Waals surface area contributed by atoms with Crippen LogP contribution in [0.4, 0.5) is 0 Å². The molecule has 0 bridgehead atoms. The molecule has 0 aliphatic heterocycles.